The van der Waals surface area contributed by atoms with Crippen LogP contribution in [-0.2, 0) is 20.9 Å². The zero-order valence-corrected chi connectivity index (χ0v) is 26.9. The molecule has 5 rings (SSSR count). The highest BCUT2D eigenvalue weighted by Crippen LogP contribution is 2.50. The number of carboxylic acid groups (broad SMARTS) is 1. The van der Waals surface area contributed by atoms with Crippen LogP contribution in [-0.4, -0.2) is 37.5 Å². The van der Waals surface area contributed by atoms with Crippen LogP contribution in [0.25, 0.3) is 0 Å². The van der Waals surface area contributed by atoms with Crippen LogP contribution < -0.4 is 9.62 Å². The van der Waals surface area contributed by atoms with Crippen LogP contribution in [0.3, 0.4) is 0 Å². The molecule has 0 bridgehead atoms. The SMILES string of the molecule is CCCCS(=O)(=O)Nc1ccc2c(c1)N=C(c1ccc(C(=O)O)cc1)c1cc3c(cc1N2CCC)C(C)(C)CCC3(C)C. The van der Waals surface area contributed by atoms with Gasteiger partial charge in [-0.15, -0.1) is 0 Å². The molecule has 1 aliphatic carbocycles. The van der Waals surface area contributed by atoms with E-state index in [2.05, 4.69) is 56.4 Å². The van der Waals surface area contributed by atoms with Gasteiger partial charge >= 0.3 is 5.97 Å². The fourth-order valence-electron chi connectivity index (χ4n) is 6.25. The number of hydrogen-bond acceptors (Lipinski definition) is 5. The first kappa shape index (κ1) is 30.8. The van der Waals surface area contributed by atoms with Crippen molar-refractivity contribution in [1.82, 2.24) is 0 Å². The van der Waals surface area contributed by atoms with Gasteiger partial charge in [-0.2, -0.15) is 0 Å². The summed E-state index contributed by atoms with van der Waals surface area (Å²) in [6.45, 7) is 14.1. The number of aliphatic imine (C=N–C) groups is 1. The Labute approximate surface area is 256 Å². The van der Waals surface area contributed by atoms with Gasteiger partial charge in [0.2, 0.25) is 10.0 Å². The molecule has 0 unspecified atom stereocenters. The van der Waals surface area contributed by atoms with E-state index in [1.54, 1.807) is 12.1 Å². The standard InChI is InChI=1S/C35H43N3O4S/c1-7-9-19-43(41,42)37-25-14-15-30-29(20-25)36-32(23-10-12-24(13-11-23)33(39)40)26-21-27-28(22-31(26)38(30)18-8-2)35(5,6)17-16-34(27,3)4/h10-15,20-22,37H,7-9,16-19H2,1-6H3,(H,39,40). The van der Waals surface area contributed by atoms with Crippen LogP contribution in [0.1, 0.15) is 106 Å². The van der Waals surface area contributed by atoms with E-state index in [1.165, 1.54) is 11.1 Å². The predicted octanol–water partition coefficient (Wildman–Crippen LogP) is 8.31. The van der Waals surface area contributed by atoms with Gasteiger partial charge in [0.25, 0.3) is 0 Å². The van der Waals surface area contributed by atoms with Crippen LogP contribution in [0.2, 0.25) is 0 Å². The van der Waals surface area contributed by atoms with Gasteiger partial charge in [-0.3, -0.25) is 4.72 Å². The Bertz CT molecular complexity index is 1690. The van der Waals surface area contributed by atoms with E-state index in [-0.39, 0.29) is 22.1 Å². The molecule has 1 heterocycles. The van der Waals surface area contributed by atoms with E-state index < -0.39 is 16.0 Å². The number of unbranched alkanes of at least 4 members (excludes halogenated alkanes) is 1. The minimum Gasteiger partial charge on any atom is -0.478 e. The molecule has 7 nitrogen and oxygen atoms in total. The molecule has 0 spiro atoms. The molecule has 0 saturated heterocycles. The highest BCUT2D eigenvalue weighted by atomic mass is 32.2. The fourth-order valence-corrected chi connectivity index (χ4v) is 7.51. The second kappa shape index (κ2) is 11.5. The number of sulfonamides is 1. The van der Waals surface area contributed by atoms with Gasteiger partial charge in [-0.05, 0) is 90.1 Å². The van der Waals surface area contributed by atoms with Crippen LogP contribution >= 0.6 is 0 Å². The number of carbonyl (C=O) groups is 1. The second-order valence-corrected chi connectivity index (χ2v) is 15.0. The zero-order valence-electron chi connectivity index (χ0n) is 26.1. The fraction of sp³-hybridized carbons (Fsp3) is 0.429. The van der Waals surface area contributed by atoms with Crippen molar-refractivity contribution in [3.8, 4) is 0 Å². The lowest BCUT2D eigenvalue weighted by atomic mass is 9.62. The average Bonchev–Trinajstić information content (AvgIpc) is 3.08. The van der Waals surface area contributed by atoms with Crippen LogP contribution in [0, 0.1) is 0 Å². The van der Waals surface area contributed by atoms with E-state index >= 15 is 0 Å². The lowest BCUT2D eigenvalue weighted by Crippen LogP contribution is -2.35. The number of fused-ring (bicyclic) bond motifs is 3. The van der Waals surface area contributed by atoms with Gasteiger partial charge in [0, 0.05) is 17.7 Å². The van der Waals surface area contributed by atoms with E-state index in [0.717, 1.165) is 60.4 Å². The highest BCUT2D eigenvalue weighted by Gasteiger charge is 2.39. The average molecular weight is 602 g/mol. The summed E-state index contributed by atoms with van der Waals surface area (Å²) in [5.41, 5.74) is 8.48. The van der Waals surface area contributed by atoms with Crippen LogP contribution in [0.4, 0.5) is 22.7 Å². The van der Waals surface area contributed by atoms with Crippen LogP contribution in [0.5, 0.6) is 0 Å². The van der Waals surface area contributed by atoms with Crippen molar-refractivity contribution >= 4 is 44.5 Å². The summed E-state index contributed by atoms with van der Waals surface area (Å²) in [5.74, 6) is -0.914. The topological polar surface area (TPSA) is 99.1 Å². The summed E-state index contributed by atoms with van der Waals surface area (Å²) in [5, 5.41) is 9.54. The number of aromatic carboxylic acids is 1. The number of benzene rings is 3. The van der Waals surface area contributed by atoms with Crippen molar-refractivity contribution in [2.45, 2.75) is 84.5 Å². The number of rotatable bonds is 9. The van der Waals surface area contributed by atoms with Crippen molar-refractivity contribution in [1.29, 1.82) is 0 Å². The summed E-state index contributed by atoms with van der Waals surface area (Å²) in [6.07, 6.45) is 4.45. The third-order valence-corrected chi connectivity index (χ3v) is 10.3. The molecule has 0 atom stereocenters. The smallest absolute Gasteiger partial charge is 0.335 e. The second-order valence-electron chi connectivity index (χ2n) is 13.2. The maximum atomic E-state index is 12.8. The summed E-state index contributed by atoms with van der Waals surface area (Å²) in [6, 6.07) is 17.1. The van der Waals surface area contributed by atoms with E-state index in [4.69, 9.17) is 4.99 Å². The summed E-state index contributed by atoms with van der Waals surface area (Å²) < 4.78 is 28.3. The lowest BCUT2D eigenvalue weighted by molar-refractivity contribution is 0.0697. The molecule has 2 N–H and O–H groups in total. The first-order valence-electron chi connectivity index (χ1n) is 15.3. The largest absolute Gasteiger partial charge is 0.478 e. The normalized spacial score (nSPS) is 16.8. The number of anilines is 3. The molecule has 43 heavy (non-hydrogen) atoms. The zero-order chi connectivity index (χ0) is 31.2. The molecule has 1 aliphatic heterocycles. The Morgan fingerprint density at radius 1 is 0.907 bits per heavy atom. The summed E-state index contributed by atoms with van der Waals surface area (Å²) in [4.78, 5) is 19.2. The Morgan fingerprint density at radius 3 is 2.16 bits per heavy atom. The van der Waals surface area contributed by atoms with Gasteiger partial charge in [0.15, 0.2) is 0 Å². The minimum atomic E-state index is -3.49. The molecule has 0 fully saturated rings. The number of nitrogens with one attached hydrogen (secondary N) is 1. The van der Waals surface area contributed by atoms with Gasteiger partial charge < -0.3 is 10.0 Å². The Balaban J connectivity index is 1.77. The van der Waals surface area contributed by atoms with Crippen molar-refractivity contribution in [2.75, 3.05) is 21.9 Å². The number of hydrogen-bond donors (Lipinski definition) is 2. The first-order valence-corrected chi connectivity index (χ1v) is 17.0. The van der Waals surface area contributed by atoms with Gasteiger partial charge in [0.05, 0.1) is 39.8 Å². The third kappa shape index (κ3) is 6.07. The van der Waals surface area contributed by atoms with Gasteiger partial charge in [-0.1, -0.05) is 60.1 Å². The van der Waals surface area contributed by atoms with Crippen molar-refractivity contribution in [2.24, 2.45) is 4.99 Å². The molecule has 2 aliphatic rings. The summed E-state index contributed by atoms with van der Waals surface area (Å²) in [7, 11) is -3.49. The Kier molecular flexibility index (Phi) is 8.20. The highest BCUT2D eigenvalue weighted by molar-refractivity contribution is 7.92. The molecular weight excluding hydrogens is 558 g/mol. The molecular formula is C35H43N3O4S. The molecule has 0 radical (unpaired) electrons. The third-order valence-electron chi connectivity index (χ3n) is 8.91. The lowest BCUT2D eigenvalue weighted by Gasteiger charge is -2.43. The van der Waals surface area contributed by atoms with Gasteiger partial charge in [0.1, 0.15) is 0 Å². The quantitative estimate of drug-likeness (QED) is 0.257. The molecule has 0 saturated carbocycles. The Hall–Kier alpha value is -3.65. The van der Waals surface area contributed by atoms with E-state index in [9.17, 15) is 18.3 Å². The molecule has 8 heteroatoms. The predicted molar refractivity (Wildman–Crippen MR) is 176 cm³/mol. The molecule has 228 valence electrons. The maximum absolute atomic E-state index is 12.8. The monoisotopic (exact) mass is 601 g/mol. The molecule has 0 aromatic heterocycles. The molecule has 0 amide bonds. The molecule has 3 aromatic rings. The van der Waals surface area contributed by atoms with Crippen molar-refractivity contribution in [3.05, 3.63) is 82.4 Å². The van der Waals surface area contributed by atoms with E-state index in [0.29, 0.717) is 17.8 Å². The van der Waals surface area contributed by atoms with Crippen LogP contribution in [0.15, 0.2) is 59.6 Å². The summed E-state index contributed by atoms with van der Waals surface area (Å²) >= 11 is 0. The van der Waals surface area contributed by atoms with E-state index in [1.807, 2.05) is 37.3 Å². The minimum absolute atomic E-state index is 0.00791. The number of nitrogens with zero attached hydrogens (tertiary/aromatic N) is 2. The molecule has 3 aromatic carbocycles. The van der Waals surface area contributed by atoms with Gasteiger partial charge in [-0.25, -0.2) is 18.2 Å². The van der Waals surface area contributed by atoms with Crippen molar-refractivity contribution in [3.63, 3.8) is 0 Å². The number of carboxylic acids is 1. The maximum Gasteiger partial charge on any atom is 0.335 e. The van der Waals surface area contributed by atoms with Crippen molar-refractivity contribution < 1.29 is 18.3 Å². The Morgan fingerprint density at radius 2 is 1.56 bits per heavy atom. The first-order chi connectivity index (χ1) is 20.3.